The number of hydrogen-bond acceptors (Lipinski definition) is 3. The Balaban J connectivity index is 2.97. The third-order valence-electron chi connectivity index (χ3n) is 1.93. The zero-order valence-corrected chi connectivity index (χ0v) is 7.84. The predicted molar refractivity (Wildman–Crippen MR) is 53.7 cm³/mol. The lowest BCUT2D eigenvalue weighted by Crippen LogP contribution is -1.94. The van der Waals surface area contributed by atoms with Crippen molar-refractivity contribution >= 4 is 28.3 Å². The van der Waals surface area contributed by atoms with Gasteiger partial charge in [0.1, 0.15) is 5.52 Å². The summed E-state index contributed by atoms with van der Waals surface area (Å²) in [5.41, 5.74) is 8.72. The molecule has 4 heteroatoms. The van der Waals surface area contributed by atoms with Crippen LogP contribution in [0.2, 0.25) is 5.02 Å². The first-order valence-corrected chi connectivity index (χ1v) is 4.23. The van der Waals surface area contributed by atoms with Crippen LogP contribution in [0.4, 0.5) is 5.69 Å². The van der Waals surface area contributed by atoms with Crippen molar-refractivity contribution < 1.29 is 0 Å². The summed E-state index contributed by atoms with van der Waals surface area (Å²) in [5.74, 6) is 0. The van der Waals surface area contributed by atoms with Gasteiger partial charge in [-0.3, -0.25) is 9.97 Å². The number of halogens is 1. The first-order chi connectivity index (χ1) is 6.20. The molecule has 66 valence electrons. The first-order valence-electron chi connectivity index (χ1n) is 3.85. The van der Waals surface area contributed by atoms with E-state index in [0.717, 1.165) is 11.1 Å². The number of aryl methyl sites for hydroxylation is 1. The molecule has 2 aromatic rings. The molecule has 0 fully saturated rings. The van der Waals surface area contributed by atoms with Gasteiger partial charge >= 0.3 is 0 Å². The number of anilines is 1. The van der Waals surface area contributed by atoms with Crippen LogP contribution < -0.4 is 5.73 Å². The van der Waals surface area contributed by atoms with E-state index < -0.39 is 0 Å². The van der Waals surface area contributed by atoms with Crippen molar-refractivity contribution in [2.45, 2.75) is 6.92 Å². The maximum atomic E-state index is 5.90. The summed E-state index contributed by atoms with van der Waals surface area (Å²) in [6, 6.07) is 1.80. The van der Waals surface area contributed by atoms with Gasteiger partial charge in [-0.25, -0.2) is 0 Å². The topological polar surface area (TPSA) is 51.8 Å². The fraction of sp³-hybridized carbons (Fsp3) is 0.111. The zero-order valence-electron chi connectivity index (χ0n) is 7.08. The molecule has 2 N–H and O–H groups in total. The van der Waals surface area contributed by atoms with Gasteiger partial charge in [0.15, 0.2) is 0 Å². The van der Waals surface area contributed by atoms with Gasteiger partial charge in [0, 0.05) is 12.4 Å². The lowest BCUT2D eigenvalue weighted by atomic mass is 10.2. The van der Waals surface area contributed by atoms with Crippen molar-refractivity contribution in [2.75, 3.05) is 5.73 Å². The number of fused-ring (bicyclic) bond motifs is 1. The van der Waals surface area contributed by atoms with Gasteiger partial charge in [-0.15, -0.1) is 0 Å². The first kappa shape index (κ1) is 8.26. The molecular weight excluding hydrogens is 186 g/mol. The van der Waals surface area contributed by atoms with Gasteiger partial charge in [0.25, 0.3) is 0 Å². The summed E-state index contributed by atoms with van der Waals surface area (Å²) in [4.78, 5) is 8.31. The molecule has 0 atom stereocenters. The molecule has 1 heterocycles. The van der Waals surface area contributed by atoms with Crippen LogP contribution in [0.3, 0.4) is 0 Å². The number of rotatable bonds is 0. The molecule has 2 rings (SSSR count). The minimum atomic E-state index is 0.496. The van der Waals surface area contributed by atoms with Gasteiger partial charge in [0.2, 0.25) is 0 Å². The Labute approximate surface area is 80.6 Å². The maximum absolute atomic E-state index is 5.90. The van der Waals surface area contributed by atoms with Crippen LogP contribution in [-0.2, 0) is 0 Å². The van der Waals surface area contributed by atoms with Gasteiger partial charge in [0.05, 0.1) is 16.2 Å². The second-order valence-electron chi connectivity index (χ2n) is 2.84. The smallest absolute Gasteiger partial charge is 0.113 e. The molecule has 13 heavy (non-hydrogen) atoms. The van der Waals surface area contributed by atoms with Crippen LogP contribution in [-0.4, -0.2) is 9.97 Å². The average Bonchev–Trinajstić information content (AvgIpc) is 2.15. The molecule has 3 nitrogen and oxygen atoms in total. The highest BCUT2D eigenvalue weighted by molar-refractivity contribution is 6.34. The Morgan fingerprint density at radius 1 is 1.23 bits per heavy atom. The molecule has 0 bridgehead atoms. The minimum Gasteiger partial charge on any atom is -0.396 e. The summed E-state index contributed by atoms with van der Waals surface area (Å²) in [6.07, 6.45) is 3.25. The quantitative estimate of drug-likeness (QED) is 0.653. The van der Waals surface area contributed by atoms with Crippen molar-refractivity contribution in [3.05, 3.63) is 29.0 Å². The van der Waals surface area contributed by atoms with Crippen LogP contribution >= 0.6 is 11.6 Å². The SMILES string of the molecule is Cc1cc(Cl)c(N)c2nccnc12. The summed E-state index contributed by atoms with van der Waals surface area (Å²) in [6.45, 7) is 1.93. The normalized spacial score (nSPS) is 10.6. The molecule has 0 unspecified atom stereocenters. The zero-order chi connectivity index (χ0) is 9.42. The molecular formula is C9H8ClN3. The molecule has 1 aromatic heterocycles. The number of nitrogens with zero attached hydrogens (tertiary/aromatic N) is 2. The van der Waals surface area contributed by atoms with Crippen LogP contribution in [0.1, 0.15) is 5.56 Å². The maximum Gasteiger partial charge on any atom is 0.113 e. The lowest BCUT2D eigenvalue weighted by molar-refractivity contribution is 1.27. The van der Waals surface area contributed by atoms with Gasteiger partial charge in [-0.2, -0.15) is 0 Å². The fourth-order valence-electron chi connectivity index (χ4n) is 1.27. The van der Waals surface area contributed by atoms with Crippen molar-refractivity contribution in [1.82, 2.24) is 9.97 Å². The summed E-state index contributed by atoms with van der Waals surface area (Å²) >= 11 is 5.90. The molecule has 0 aliphatic rings. The Morgan fingerprint density at radius 2 is 1.85 bits per heavy atom. The van der Waals surface area contributed by atoms with Crippen molar-refractivity contribution in [2.24, 2.45) is 0 Å². The second kappa shape index (κ2) is 2.85. The number of nitrogen functional groups attached to an aromatic ring is 1. The Kier molecular flexibility index (Phi) is 1.81. The molecule has 0 spiro atoms. The molecule has 1 aromatic carbocycles. The van der Waals surface area contributed by atoms with Crippen molar-refractivity contribution in [3.63, 3.8) is 0 Å². The molecule has 0 saturated carbocycles. The minimum absolute atomic E-state index is 0.496. The van der Waals surface area contributed by atoms with E-state index in [9.17, 15) is 0 Å². The van der Waals surface area contributed by atoms with E-state index in [1.807, 2.05) is 6.92 Å². The molecule has 0 aliphatic heterocycles. The summed E-state index contributed by atoms with van der Waals surface area (Å²) in [5, 5.41) is 0.533. The Bertz CT molecular complexity index is 468. The van der Waals surface area contributed by atoms with E-state index in [-0.39, 0.29) is 0 Å². The van der Waals surface area contributed by atoms with E-state index >= 15 is 0 Å². The van der Waals surface area contributed by atoms with Crippen molar-refractivity contribution in [3.8, 4) is 0 Å². The third kappa shape index (κ3) is 1.21. The summed E-state index contributed by atoms with van der Waals surface area (Å²) < 4.78 is 0. The second-order valence-corrected chi connectivity index (χ2v) is 3.25. The van der Waals surface area contributed by atoms with Crippen LogP contribution in [0.25, 0.3) is 11.0 Å². The Morgan fingerprint density at radius 3 is 2.54 bits per heavy atom. The molecule has 0 amide bonds. The van der Waals surface area contributed by atoms with Gasteiger partial charge in [-0.1, -0.05) is 11.6 Å². The Hall–Kier alpha value is -1.35. The van der Waals surface area contributed by atoms with E-state index in [2.05, 4.69) is 9.97 Å². The fourth-order valence-corrected chi connectivity index (χ4v) is 1.53. The highest BCUT2D eigenvalue weighted by atomic mass is 35.5. The van der Waals surface area contributed by atoms with Crippen molar-refractivity contribution in [1.29, 1.82) is 0 Å². The third-order valence-corrected chi connectivity index (χ3v) is 2.24. The molecule has 0 aliphatic carbocycles. The number of nitrogens with two attached hydrogens (primary N) is 1. The van der Waals surface area contributed by atoms with Crippen LogP contribution in [0.5, 0.6) is 0 Å². The van der Waals surface area contributed by atoms with Gasteiger partial charge in [-0.05, 0) is 18.6 Å². The predicted octanol–water partition coefficient (Wildman–Crippen LogP) is 2.17. The van der Waals surface area contributed by atoms with E-state index in [1.165, 1.54) is 0 Å². The largest absolute Gasteiger partial charge is 0.396 e. The molecule has 0 saturated heterocycles. The monoisotopic (exact) mass is 193 g/mol. The molecule has 0 radical (unpaired) electrons. The van der Waals surface area contributed by atoms with E-state index in [1.54, 1.807) is 18.5 Å². The highest BCUT2D eigenvalue weighted by Crippen LogP contribution is 2.28. The standard InChI is InChI=1S/C9H8ClN3/c1-5-4-6(10)7(11)9-8(5)12-2-3-13-9/h2-4H,11H2,1H3. The van der Waals surface area contributed by atoms with Gasteiger partial charge < -0.3 is 5.73 Å². The summed E-state index contributed by atoms with van der Waals surface area (Å²) in [7, 11) is 0. The number of hydrogen-bond donors (Lipinski definition) is 1. The number of aromatic nitrogens is 2. The number of benzene rings is 1. The van der Waals surface area contributed by atoms with E-state index in [4.69, 9.17) is 17.3 Å². The van der Waals surface area contributed by atoms with E-state index in [0.29, 0.717) is 16.2 Å². The lowest BCUT2D eigenvalue weighted by Gasteiger charge is -2.04. The average molecular weight is 194 g/mol. The van der Waals surface area contributed by atoms with Crippen LogP contribution in [0.15, 0.2) is 18.5 Å². The van der Waals surface area contributed by atoms with Crippen LogP contribution in [0, 0.1) is 6.92 Å². The highest BCUT2D eigenvalue weighted by Gasteiger charge is 2.06.